The average molecular weight is 550 g/mol. The molecule has 216 valence electrons. The molecular weight excluding hydrogens is 506 g/mol. The Labute approximate surface area is 237 Å². The third-order valence-corrected chi connectivity index (χ3v) is 9.11. The molecule has 0 aliphatic carbocycles. The molecule has 4 aliphatic heterocycles. The van der Waals surface area contributed by atoms with E-state index in [4.69, 9.17) is 4.74 Å². The Balaban J connectivity index is 1.59. The molecule has 4 aliphatic rings. The summed E-state index contributed by atoms with van der Waals surface area (Å²) in [5.41, 5.74) is -1.65. The van der Waals surface area contributed by atoms with Gasteiger partial charge in [0.25, 0.3) is 0 Å². The first-order chi connectivity index (χ1) is 19.1. The fourth-order valence-electron chi connectivity index (χ4n) is 7.17. The highest BCUT2D eigenvalue weighted by Gasteiger charge is 2.75. The quantitative estimate of drug-likeness (QED) is 0.397. The fourth-order valence-corrected chi connectivity index (χ4v) is 7.17. The van der Waals surface area contributed by atoms with E-state index in [1.807, 2.05) is 92.1 Å². The summed E-state index contributed by atoms with van der Waals surface area (Å²) in [6.07, 6.45) is 10.4. The monoisotopic (exact) mass is 549 g/mol. The summed E-state index contributed by atoms with van der Waals surface area (Å²) in [5, 5.41) is 9.28. The summed E-state index contributed by atoms with van der Waals surface area (Å²) in [7, 11) is 0. The molecular formula is C32H43N3O5. The van der Waals surface area contributed by atoms with Crippen LogP contribution in [0.2, 0.25) is 0 Å². The lowest BCUT2D eigenvalue weighted by Crippen LogP contribution is -2.59. The van der Waals surface area contributed by atoms with Gasteiger partial charge >= 0.3 is 0 Å². The van der Waals surface area contributed by atoms with Gasteiger partial charge in [0, 0.05) is 38.3 Å². The van der Waals surface area contributed by atoms with Crippen LogP contribution in [0.25, 0.3) is 0 Å². The molecule has 2 saturated heterocycles. The van der Waals surface area contributed by atoms with Crippen LogP contribution in [0.4, 0.5) is 0 Å². The molecule has 5 atom stereocenters. The summed E-state index contributed by atoms with van der Waals surface area (Å²) in [6, 6.07) is 9.02. The number of amides is 3. The van der Waals surface area contributed by atoms with E-state index in [0.717, 1.165) is 12.0 Å². The second-order valence-corrected chi connectivity index (χ2v) is 12.6. The first-order valence-electron chi connectivity index (χ1n) is 14.7. The first kappa shape index (κ1) is 28.6. The third kappa shape index (κ3) is 4.59. The van der Waals surface area contributed by atoms with Crippen LogP contribution in [0.1, 0.15) is 58.9 Å². The van der Waals surface area contributed by atoms with Crippen LogP contribution in [-0.2, 0) is 25.7 Å². The van der Waals surface area contributed by atoms with Crippen molar-refractivity contribution in [3.8, 4) is 0 Å². The van der Waals surface area contributed by atoms with E-state index in [9.17, 15) is 19.5 Å². The van der Waals surface area contributed by atoms with Gasteiger partial charge in [0.2, 0.25) is 17.7 Å². The Morgan fingerprint density at radius 3 is 2.33 bits per heavy atom. The minimum absolute atomic E-state index is 0.0890. The van der Waals surface area contributed by atoms with Crippen LogP contribution in [0.3, 0.4) is 0 Å². The fraction of sp³-hybridized carbons (Fsp3) is 0.594. The molecule has 1 spiro atoms. The highest BCUT2D eigenvalue weighted by molar-refractivity contribution is 6.00. The van der Waals surface area contributed by atoms with Gasteiger partial charge in [0.1, 0.15) is 11.6 Å². The molecule has 8 nitrogen and oxygen atoms in total. The Hall–Kier alpha value is -2.97. The van der Waals surface area contributed by atoms with E-state index in [0.29, 0.717) is 45.4 Å². The molecule has 0 bridgehead atoms. The number of aliphatic hydroxyl groups is 1. The number of carbonyl (C=O) groups is 3. The van der Waals surface area contributed by atoms with E-state index in [1.54, 1.807) is 4.90 Å². The molecule has 1 unspecified atom stereocenters. The summed E-state index contributed by atoms with van der Waals surface area (Å²) < 4.78 is 7.04. The molecule has 4 heterocycles. The van der Waals surface area contributed by atoms with Gasteiger partial charge in [-0.25, -0.2) is 0 Å². The van der Waals surface area contributed by atoms with Gasteiger partial charge < -0.3 is 24.5 Å². The zero-order valence-corrected chi connectivity index (χ0v) is 24.2. The van der Waals surface area contributed by atoms with Gasteiger partial charge in [-0.3, -0.25) is 14.4 Å². The summed E-state index contributed by atoms with van der Waals surface area (Å²) in [4.78, 5) is 48.6. The normalized spacial score (nSPS) is 31.8. The minimum atomic E-state index is -1.23. The number of hydrogen-bond acceptors (Lipinski definition) is 5. The van der Waals surface area contributed by atoms with E-state index in [1.165, 1.54) is 0 Å². The van der Waals surface area contributed by atoms with Crippen molar-refractivity contribution in [2.24, 2.45) is 11.8 Å². The average Bonchev–Trinajstić information content (AvgIpc) is 3.20. The van der Waals surface area contributed by atoms with E-state index in [2.05, 4.69) is 0 Å². The number of rotatable bonds is 8. The van der Waals surface area contributed by atoms with Gasteiger partial charge in [-0.15, -0.1) is 0 Å². The molecule has 3 amide bonds. The zero-order chi connectivity index (χ0) is 28.7. The van der Waals surface area contributed by atoms with Gasteiger partial charge in [0.15, 0.2) is 0 Å². The molecule has 2 fully saturated rings. The van der Waals surface area contributed by atoms with Crippen molar-refractivity contribution in [3.05, 3.63) is 60.2 Å². The topological polar surface area (TPSA) is 90.4 Å². The Kier molecular flexibility index (Phi) is 7.70. The van der Waals surface area contributed by atoms with E-state index < -0.39 is 34.6 Å². The molecule has 1 aromatic carbocycles. The van der Waals surface area contributed by atoms with Crippen LogP contribution in [0, 0.1) is 11.8 Å². The molecule has 1 aromatic rings. The predicted molar refractivity (Wildman–Crippen MR) is 152 cm³/mol. The number of unbranched alkanes of at least 4 members (excludes halogenated alkanes) is 2. The number of carbonyl (C=O) groups excluding carboxylic acids is 3. The number of hydrogen-bond donors (Lipinski definition) is 1. The maximum atomic E-state index is 14.5. The number of aliphatic hydroxyl groups excluding tert-OH is 1. The van der Waals surface area contributed by atoms with Crippen molar-refractivity contribution in [2.75, 3.05) is 26.2 Å². The predicted octanol–water partition coefficient (Wildman–Crippen LogP) is 3.31. The third-order valence-electron chi connectivity index (χ3n) is 9.11. The number of nitrogens with zero attached hydrogens (tertiary/aromatic N) is 3. The summed E-state index contributed by atoms with van der Waals surface area (Å²) in [5.74, 6) is -1.98. The van der Waals surface area contributed by atoms with Crippen LogP contribution < -0.4 is 0 Å². The molecule has 0 radical (unpaired) electrons. The number of benzene rings is 1. The van der Waals surface area contributed by atoms with E-state index in [-0.39, 0.29) is 24.3 Å². The van der Waals surface area contributed by atoms with Crippen LogP contribution >= 0.6 is 0 Å². The minimum Gasteiger partial charge on any atom is -0.396 e. The van der Waals surface area contributed by atoms with E-state index >= 15 is 0 Å². The standard InChI is InChI=1S/C32H43N3O5/c1-5-31-16-12-18-33(22-23-14-8-6-9-15-23)27(37)24(31)25-28(38)34(19-10-7-11-21-36)26-29(39)35(30(2,3)4)20-13-17-32(25,26)40-31/h6,8-9,12-17,24-26,36H,5,7,10-11,18-22H2,1-4H3/t24-,25+,26?,31+,32+/m1/s1. The van der Waals surface area contributed by atoms with Crippen molar-refractivity contribution < 1.29 is 24.2 Å². The van der Waals surface area contributed by atoms with Crippen LogP contribution in [0.15, 0.2) is 54.6 Å². The molecule has 1 N–H and O–H groups in total. The molecule has 8 heteroatoms. The largest absolute Gasteiger partial charge is 0.396 e. The highest BCUT2D eigenvalue weighted by Crippen LogP contribution is 2.58. The van der Waals surface area contributed by atoms with Crippen LogP contribution in [0.5, 0.6) is 0 Å². The van der Waals surface area contributed by atoms with Crippen molar-refractivity contribution in [2.45, 2.75) is 82.7 Å². The van der Waals surface area contributed by atoms with Crippen molar-refractivity contribution in [1.82, 2.24) is 14.7 Å². The first-order valence-corrected chi connectivity index (χ1v) is 14.7. The maximum Gasteiger partial charge on any atom is 0.249 e. The highest BCUT2D eigenvalue weighted by atomic mass is 16.5. The summed E-state index contributed by atoms with van der Waals surface area (Å²) in [6.45, 7) is 9.74. The van der Waals surface area contributed by atoms with Gasteiger partial charge in [-0.2, -0.15) is 0 Å². The molecule has 5 rings (SSSR count). The zero-order valence-electron chi connectivity index (χ0n) is 24.2. The van der Waals surface area contributed by atoms with Crippen molar-refractivity contribution >= 4 is 17.7 Å². The summed E-state index contributed by atoms with van der Waals surface area (Å²) >= 11 is 0. The van der Waals surface area contributed by atoms with Gasteiger partial charge in [-0.1, -0.05) is 61.6 Å². The lowest BCUT2D eigenvalue weighted by molar-refractivity contribution is -0.156. The Bertz CT molecular complexity index is 1190. The molecule has 0 aromatic heterocycles. The Morgan fingerprint density at radius 1 is 0.925 bits per heavy atom. The van der Waals surface area contributed by atoms with Crippen molar-refractivity contribution in [1.29, 1.82) is 0 Å². The SMILES string of the molecule is CC[C@]12C=CCN(Cc3ccccc3)C(=O)[C@H]1[C@H]1C(=O)N(CCCCCO)C3C(=O)N(C(C)(C)C)CC=C[C@@]31O2. The van der Waals surface area contributed by atoms with Crippen LogP contribution in [-0.4, -0.2) is 86.6 Å². The van der Waals surface area contributed by atoms with Crippen molar-refractivity contribution in [3.63, 3.8) is 0 Å². The van der Waals surface area contributed by atoms with Gasteiger partial charge in [0.05, 0.1) is 17.4 Å². The Morgan fingerprint density at radius 2 is 1.65 bits per heavy atom. The second-order valence-electron chi connectivity index (χ2n) is 12.6. The number of ether oxygens (including phenoxy) is 1. The smallest absolute Gasteiger partial charge is 0.249 e. The molecule has 40 heavy (non-hydrogen) atoms. The number of likely N-dealkylation sites (tertiary alicyclic amines) is 1. The number of fused-ring (bicyclic) bond motifs is 2. The molecule has 0 saturated carbocycles. The van der Waals surface area contributed by atoms with Gasteiger partial charge in [-0.05, 0) is 52.0 Å². The lowest BCUT2D eigenvalue weighted by atomic mass is 9.73. The second kappa shape index (κ2) is 10.8. The maximum absolute atomic E-state index is 14.5. The lowest BCUT2D eigenvalue weighted by Gasteiger charge is -2.41.